The lowest BCUT2D eigenvalue weighted by molar-refractivity contribution is -0.120. The van der Waals surface area contributed by atoms with Gasteiger partial charge in [-0.25, -0.2) is 0 Å². The van der Waals surface area contributed by atoms with Gasteiger partial charge in [-0.1, -0.05) is 19.1 Å². The molecule has 0 spiro atoms. The van der Waals surface area contributed by atoms with E-state index in [0.29, 0.717) is 24.1 Å². The highest BCUT2D eigenvalue weighted by molar-refractivity contribution is 6.21. The monoisotopic (exact) mass is 245 g/mol. The first kappa shape index (κ1) is 12.5. The number of hydrogen-bond acceptors (Lipinski definition) is 3. The number of benzene rings is 1. The van der Waals surface area contributed by atoms with Crippen LogP contribution in [-0.4, -0.2) is 29.0 Å². The Labute approximate surface area is 106 Å². The predicted molar refractivity (Wildman–Crippen MR) is 66.3 cm³/mol. The fraction of sp³-hybridized carbons (Fsp3) is 0.357. The fourth-order valence-corrected chi connectivity index (χ4v) is 1.97. The van der Waals surface area contributed by atoms with Crippen LogP contribution >= 0.6 is 0 Å². The Kier molecular flexibility index (Phi) is 3.28. The van der Waals surface area contributed by atoms with E-state index < -0.39 is 0 Å². The van der Waals surface area contributed by atoms with Crippen molar-refractivity contribution in [3.05, 3.63) is 35.4 Å². The van der Waals surface area contributed by atoms with E-state index in [1.54, 1.807) is 31.2 Å². The maximum atomic E-state index is 12.0. The van der Waals surface area contributed by atoms with Crippen molar-refractivity contribution >= 4 is 17.6 Å². The molecule has 18 heavy (non-hydrogen) atoms. The van der Waals surface area contributed by atoms with Gasteiger partial charge in [0.25, 0.3) is 11.8 Å². The first-order valence-corrected chi connectivity index (χ1v) is 5.98. The average Bonchev–Trinajstić information content (AvgIpc) is 2.60. The molecule has 1 aromatic carbocycles. The first-order chi connectivity index (χ1) is 8.52. The highest BCUT2D eigenvalue weighted by atomic mass is 16.2. The van der Waals surface area contributed by atoms with Gasteiger partial charge in [0.15, 0.2) is 0 Å². The summed E-state index contributed by atoms with van der Waals surface area (Å²) in [5.41, 5.74) is 0.913. The van der Waals surface area contributed by atoms with E-state index in [4.69, 9.17) is 0 Å². The van der Waals surface area contributed by atoms with Crippen molar-refractivity contribution < 1.29 is 14.4 Å². The van der Waals surface area contributed by atoms with Gasteiger partial charge in [-0.15, -0.1) is 0 Å². The Balaban J connectivity index is 2.12. The van der Waals surface area contributed by atoms with Crippen LogP contribution in [0.3, 0.4) is 0 Å². The number of amides is 2. The summed E-state index contributed by atoms with van der Waals surface area (Å²) in [6, 6.07) is 6.80. The van der Waals surface area contributed by atoms with E-state index in [-0.39, 0.29) is 23.5 Å². The summed E-state index contributed by atoms with van der Waals surface area (Å²) in [7, 11) is 0. The summed E-state index contributed by atoms with van der Waals surface area (Å²) in [5.74, 6) is -0.571. The third-order valence-electron chi connectivity index (χ3n) is 3.36. The van der Waals surface area contributed by atoms with Gasteiger partial charge in [-0.3, -0.25) is 19.3 Å². The van der Waals surface area contributed by atoms with Crippen molar-refractivity contribution in [1.82, 2.24) is 4.90 Å². The van der Waals surface area contributed by atoms with Crippen LogP contribution in [0.25, 0.3) is 0 Å². The van der Waals surface area contributed by atoms with Gasteiger partial charge in [-0.2, -0.15) is 0 Å². The molecule has 1 aromatic rings. The molecule has 0 N–H and O–H groups in total. The Morgan fingerprint density at radius 2 is 1.67 bits per heavy atom. The topological polar surface area (TPSA) is 54.5 Å². The molecule has 1 atom stereocenters. The molecule has 1 aliphatic heterocycles. The van der Waals surface area contributed by atoms with Crippen molar-refractivity contribution in [3.8, 4) is 0 Å². The van der Waals surface area contributed by atoms with Crippen LogP contribution in [0.5, 0.6) is 0 Å². The van der Waals surface area contributed by atoms with Crippen LogP contribution < -0.4 is 0 Å². The largest absolute Gasteiger partial charge is 0.300 e. The molecule has 0 unspecified atom stereocenters. The number of carbonyl (C=O) groups excluding carboxylic acids is 3. The van der Waals surface area contributed by atoms with Crippen molar-refractivity contribution in [2.45, 2.75) is 20.3 Å². The molecular formula is C14H15NO3. The van der Waals surface area contributed by atoms with Crippen LogP contribution in [0, 0.1) is 5.92 Å². The van der Waals surface area contributed by atoms with Gasteiger partial charge in [0.1, 0.15) is 5.78 Å². The van der Waals surface area contributed by atoms with Crippen molar-refractivity contribution in [3.63, 3.8) is 0 Å². The number of carbonyl (C=O) groups is 3. The van der Waals surface area contributed by atoms with E-state index in [2.05, 4.69) is 0 Å². The summed E-state index contributed by atoms with van der Waals surface area (Å²) in [6.07, 6.45) is 0.515. The molecule has 0 saturated heterocycles. The maximum absolute atomic E-state index is 12.0. The predicted octanol–water partition coefficient (Wildman–Crippen LogP) is 1.90. The third-order valence-corrected chi connectivity index (χ3v) is 3.36. The fourth-order valence-electron chi connectivity index (χ4n) is 1.97. The molecule has 0 radical (unpaired) electrons. The molecule has 0 saturated carbocycles. The molecular weight excluding hydrogens is 230 g/mol. The number of fused-ring (bicyclic) bond motifs is 1. The van der Waals surface area contributed by atoms with Gasteiger partial charge in [0.2, 0.25) is 0 Å². The normalized spacial score (nSPS) is 15.8. The summed E-state index contributed by atoms with van der Waals surface area (Å²) in [6.45, 7) is 3.63. The molecule has 4 heteroatoms. The van der Waals surface area contributed by atoms with Gasteiger partial charge < -0.3 is 0 Å². The van der Waals surface area contributed by atoms with Crippen LogP contribution in [0.1, 0.15) is 41.0 Å². The van der Waals surface area contributed by atoms with E-state index in [0.717, 1.165) is 0 Å². The van der Waals surface area contributed by atoms with E-state index >= 15 is 0 Å². The summed E-state index contributed by atoms with van der Waals surface area (Å²) in [4.78, 5) is 36.4. The standard InChI is InChI=1S/C14H15NO3/c1-9(10(2)16)7-8-15-13(17)11-5-3-4-6-12(11)14(15)18/h3-6,9H,7-8H2,1-2H3/t9-/m1/s1. The zero-order chi connectivity index (χ0) is 13.3. The molecule has 2 amide bonds. The number of Topliss-reactive ketones (excluding diaryl/α,β-unsaturated/α-hetero) is 1. The lowest BCUT2D eigenvalue weighted by Crippen LogP contribution is -2.32. The molecule has 0 fully saturated rings. The van der Waals surface area contributed by atoms with E-state index in [1.807, 2.05) is 0 Å². The van der Waals surface area contributed by atoms with Crippen LogP contribution in [0.15, 0.2) is 24.3 Å². The molecule has 4 nitrogen and oxygen atoms in total. The average molecular weight is 245 g/mol. The highest BCUT2D eigenvalue weighted by Gasteiger charge is 2.34. The van der Waals surface area contributed by atoms with Gasteiger partial charge in [0.05, 0.1) is 11.1 Å². The molecule has 1 heterocycles. The lowest BCUT2D eigenvalue weighted by Gasteiger charge is -2.15. The minimum Gasteiger partial charge on any atom is -0.300 e. The molecule has 1 aliphatic rings. The molecule has 0 aliphatic carbocycles. The minimum atomic E-state index is -0.258. The van der Waals surface area contributed by atoms with E-state index in [9.17, 15) is 14.4 Å². The van der Waals surface area contributed by atoms with Crippen molar-refractivity contribution in [2.24, 2.45) is 5.92 Å². The van der Waals surface area contributed by atoms with Crippen LogP contribution in [0.2, 0.25) is 0 Å². The molecule has 0 bridgehead atoms. The zero-order valence-electron chi connectivity index (χ0n) is 10.5. The second-order valence-corrected chi connectivity index (χ2v) is 4.61. The minimum absolute atomic E-state index is 0.0756. The first-order valence-electron chi connectivity index (χ1n) is 5.98. The summed E-state index contributed by atoms with van der Waals surface area (Å²) in [5, 5.41) is 0. The van der Waals surface area contributed by atoms with Crippen LogP contribution in [0.4, 0.5) is 0 Å². The SMILES string of the molecule is CC(=O)[C@H](C)CCN1C(=O)c2ccccc2C1=O. The summed E-state index contributed by atoms with van der Waals surface area (Å²) < 4.78 is 0. The van der Waals surface area contributed by atoms with Crippen molar-refractivity contribution in [2.75, 3.05) is 6.54 Å². The number of nitrogens with zero attached hydrogens (tertiary/aromatic N) is 1. The zero-order valence-corrected chi connectivity index (χ0v) is 10.5. The second-order valence-electron chi connectivity index (χ2n) is 4.61. The molecule has 94 valence electrons. The lowest BCUT2D eigenvalue weighted by atomic mass is 10.0. The smallest absolute Gasteiger partial charge is 0.261 e. The Hall–Kier alpha value is -1.97. The molecule has 0 aromatic heterocycles. The number of hydrogen-bond donors (Lipinski definition) is 0. The summed E-state index contributed by atoms with van der Waals surface area (Å²) >= 11 is 0. The van der Waals surface area contributed by atoms with Gasteiger partial charge in [0, 0.05) is 12.5 Å². The number of imide groups is 1. The second kappa shape index (κ2) is 4.72. The van der Waals surface area contributed by atoms with Crippen LogP contribution in [-0.2, 0) is 4.79 Å². The Morgan fingerprint density at radius 1 is 1.17 bits per heavy atom. The third kappa shape index (κ3) is 2.06. The maximum Gasteiger partial charge on any atom is 0.261 e. The number of ketones is 1. The highest BCUT2D eigenvalue weighted by Crippen LogP contribution is 2.23. The molecule has 2 rings (SSSR count). The Bertz CT molecular complexity index is 487. The quantitative estimate of drug-likeness (QED) is 0.761. The number of rotatable bonds is 4. The Morgan fingerprint density at radius 3 is 2.11 bits per heavy atom. The van der Waals surface area contributed by atoms with Gasteiger partial charge in [-0.05, 0) is 25.5 Å². The van der Waals surface area contributed by atoms with Crippen molar-refractivity contribution in [1.29, 1.82) is 0 Å². The van der Waals surface area contributed by atoms with Gasteiger partial charge >= 0.3 is 0 Å². The van der Waals surface area contributed by atoms with E-state index in [1.165, 1.54) is 11.8 Å².